The van der Waals surface area contributed by atoms with Gasteiger partial charge in [0.2, 0.25) is 10.0 Å². The molecule has 0 atom stereocenters. The van der Waals surface area contributed by atoms with E-state index in [2.05, 4.69) is 10.0 Å². The van der Waals surface area contributed by atoms with Gasteiger partial charge in [0, 0.05) is 32.4 Å². The Morgan fingerprint density at radius 2 is 2.00 bits per heavy atom. The first-order chi connectivity index (χ1) is 9.92. The SMILES string of the molecule is CNCc1cc(F)c(C)c(S(=O)(=O)NCCCCOC)c1. The van der Waals surface area contributed by atoms with Gasteiger partial charge < -0.3 is 10.1 Å². The summed E-state index contributed by atoms with van der Waals surface area (Å²) >= 11 is 0. The summed E-state index contributed by atoms with van der Waals surface area (Å²) in [6.07, 6.45) is 1.44. The van der Waals surface area contributed by atoms with Gasteiger partial charge in [-0.25, -0.2) is 17.5 Å². The molecule has 0 spiro atoms. The van der Waals surface area contributed by atoms with E-state index in [-0.39, 0.29) is 10.5 Å². The second kappa shape index (κ2) is 8.43. The van der Waals surface area contributed by atoms with Crippen LogP contribution in [0.15, 0.2) is 17.0 Å². The van der Waals surface area contributed by atoms with Crippen molar-refractivity contribution in [2.45, 2.75) is 31.2 Å². The van der Waals surface area contributed by atoms with Crippen molar-refractivity contribution in [3.63, 3.8) is 0 Å². The Bertz CT molecular complexity index is 562. The van der Waals surface area contributed by atoms with Crippen LogP contribution in [0.25, 0.3) is 0 Å². The minimum Gasteiger partial charge on any atom is -0.385 e. The zero-order valence-corrected chi connectivity index (χ0v) is 13.5. The van der Waals surface area contributed by atoms with Crippen molar-refractivity contribution in [2.75, 3.05) is 27.3 Å². The molecule has 2 N–H and O–H groups in total. The number of halogens is 1. The van der Waals surface area contributed by atoms with Crippen LogP contribution in [0.3, 0.4) is 0 Å². The number of hydrogen-bond donors (Lipinski definition) is 2. The Kier molecular flexibility index (Phi) is 7.24. The molecule has 0 amide bonds. The molecule has 0 aromatic heterocycles. The van der Waals surface area contributed by atoms with Crippen molar-refractivity contribution in [1.29, 1.82) is 0 Å². The maximum absolute atomic E-state index is 13.8. The lowest BCUT2D eigenvalue weighted by molar-refractivity contribution is 0.193. The van der Waals surface area contributed by atoms with Crippen molar-refractivity contribution in [1.82, 2.24) is 10.0 Å². The number of rotatable bonds is 9. The lowest BCUT2D eigenvalue weighted by Crippen LogP contribution is -2.26. The number of methoxy groups -OCH3 is 1. The maximum atomic E-state index is 13.8. The third kappa shape index (κ3) is 5.35. The largest absolute Gasteiger partial charge is 0.385 e. The zero-order valence-electron chi connectivity index (χ0n) is 12.7. The second-order valence-electron chi connectivity index (χ2n) is 4.83. The predicted octanol–water partition coefficient (Wildman–Crippen LogP) is 1.56. The molecule has 0 bridgehead atoms. The number of ether oxygens (including phenoxy) is 1. The molecule has 0 heterocycles. The highest BCUT2D eigenvalue weighted by Crippen LogP contribution is 2.20. The average molecular weight is 318 g/mol. The van der Waals surface area contributed by atoms with E-state index in [0.717, 1.165) is 6.42 Å². The molecule has 0 radical (unpaired) electrons. The highest BCUT2D eigenvalue weighted by Gasteiger charge is 2.19. The van der Waals surface area contributed by atoms with E-state index in [9.17, 15) is 12.8 Å². The van der Waals surface area contributed by atoms with Crippen LogP contribution in [0.5, 0.6) is 0 Å². The highest BCUT2D eigenvalue weighted by atomic mass is 32.2. The third-order valence-electron chi connectivity index (χ3n) is 3.09. The molecule has 120 valence electrons. The first kappa shape index (κ1) is 18.0. The third-order valence-corrected chi connectivity index (χ3v) is 4.68. The highest BCUT2D eigenvalue weighted by molar-refractivity contribution is 7.89. The maximum Gasteiger partial charge on any atom is 0.240 e. The van der Waals surface area contributed by atoms with Gasteiger partial charge in [0.15, 0.2) is 0 Å². The molecule has 0 fully saturated rings. The molecule has 21 heavy (non-hydrogen) atoms. The van der Waals surface area contributed by atoms with E-state index in [1.807, 2.05) is 0 Å². The summed E-state index contributed by atoms with van der Waals surface area (Å²) in [5.74, 6) is -0.512. The first-order valence-corrected chi connectivity index (χ1v) is 8.33. The smallest absolute Gasteiger partial charge is 0.240 e. The number of hydrogen-bond acceptors (Lipinski definition) is 4. The van der Waals surface area contributed by atoms with Crippen LogP contribution >= 0.6 is 0 Å². The van der Waals surface area contributed by atoms with E-state index in [0.29, 0.717) is 31.7 Å². The molecule has 0 saturated carbocycles. The normalized spacial score (nSPS) is 11.8. The van der Waals surface area contributed by atoms with E-state index >= 15 is 0 Å². The lowest BCUT2D eigenvalue weighted by Gasteiger charge is -2.12. The number of sulfonamides is 1. The van der Waals surface area contributed by atoms with E-state index in [1.54, 1.807) is 14.2 Å². The molecule has 7 heteroatoms. The summed E-state index contributed by atoms with van der Waals surface area (Å²) < 4.78 is 45.8. The van der Waals surface area contributed by atoms with Crippen molar-refractivity contribution in [2.24, 2.45) is 0 Å². The summed E-state index contributed by atoms with van der Waals surface area (Å²) in [6.45, 7) is 2.78. The molecule has 0 aliphatic rings. The van der Waals surface area contributed by atoms with Crippen LogP contribution in [-0.4, -0.2) is 35.7 Å². The fraction of sp³-hybridized carbons (Fsp3) is 0.571. The molecule has 0 aliphatic heterocycles. The number of benzene rings is 1. The molecule has 1 rings (SSSR count). The van der Waals surface area contributed by atoms with E-state index < -0.39 is 15.8 Å². The zero-order chi connectivity index (χ0) is 15.9. The van der Waals surface area contributed by atoms with Crippen LogP contribution in [0.2, 0.25) is 0 Å². The molecule has 1 aromatic rings. The quantitative estimate of drug-likeness (QED) is 0.678. The van der Waals surface area contributed by atoms with Gasteiger partial charge >= 0.3 is 0 Å². The van der Waals surface area contributed by atoms with Crippen molar-refractivity contribution < 1.29 is 17.5 Å². The molecule has 0 unspecified atom stereocenters. The Labute approximate surface area is 125 Å². The van der Waals surface area contributed by atoms with Gasteiger partial charge in [-0.1, -0.05) is 0 Å². The predicted molar refractivity (Wildman–Crippen MR) is 80.2 cm³/mol. The van der Waals surface area contributed by atoms with Gasteiger partial charge in [-0.05, 0) is 44.5 Å². The summed E-state index contributed by atoms with van der Waals surface area (Å²) in [6, 6.07) is 2.86. The molecule has 5 nitrogen and oxygen atoms in total. The van der Waals surface area contributed by atoms with Crippen LogP contribution in [0.4, 0.5) is 4.39 Å². The van der Waals surface area contributed by atoms with Gasteiger partial charge in [0.05, 0.1) is 4.90 Å². The first-order valence-electron chi connectivity index (χ1n) is 6.84. The molecule has 0 aliphatic carbocycles. The van der Waals surface area contributed by atoms with Crippen LogP contribution in [-0.2, 0) is 21.3 Å². The van der Waals surface area contributed by atoms with Crippen LogP contribution < -0.4 is 10.0 Å². The fourth-order valence-electron chi connectivity index (χ4n) is 1.95. The van der Waals surface area contributed by atoms with E-state index in [1.165, 1.54) is 19.1 Å². The summed E-state index contributed by atoms with van der Waals surface area (Å²) in [5, 5.41) is 2.88. The summed E-state index contributed by atoms with van der Waals surface area (Å²) in [7, 11) is -0.377. The summed E-state index contributed by atoms with van der Waals surface area (Å²) in [5.41, 5.74) is 0.736. The Morgan fingerprint density at radius 1 is 1.29 bits per heavy atom. The number of nitrogens with one attached hydrogen (secondary N) is 2. The molecule has 1 aromatic carbocycles. The minimum atomic E-state index is -3.70. The van der Waals surface area contributed by atoms with Gasteiger partial charge in [0.25, 0.3) is 0 Å². The Hall–Kier alpha value is -1.02. The fourth-order valence-corrected chi connectivity index (χ4v) is 3.32. The van der Waals surface area contributed by atoms with Gasteiger partial charge in [-0.2, -0.15) is 0 Å². The summed E-state index contributed by atoms with van der Waals surface area (Å²) in [4.78, 5) is -0.000471. The van der Waals surface area contributed by atoms with Crippen LogP contribution in [0, 0.1) is 12.7 Å². The Morgan fingerprint density at radius 3 is 2.62 bits per heavy atom. The average Bonchev–Trinajstić information content (AvgIpc) is 2.42. The number of unbranched alkanes of at least 4 members (excludes halogenated alkanes) is 1. The van der Waals surface area contributed by atoms with Gasteiger partial charge in [-0.15, -0.1) is 0 Å². The van der Waals surface area contributed by atoms with E-state index in [4.69, 9.17) is 4.74 Å². The van der Waals surface area contributed by atoms with Crippen molar-refractivity contribution >= 4 is 10.0 Å². The van der Waals surface area contributed by atoms with Gasteiger partial charge in [-0.3, -0.25) is 0 Å². The standard InChI is InChI=1S/C14H23FN2O3S/c1-11-13(15)8-12(10-16-2)9-14(11)21(18,19)17-6-4-5-7-20-3/h8-9,16-17H,4-7,10H2,1-3H3. The molecule has 0 saturated heterocycles. The Balaban J connectivity index is 2.86. The monoisotopic (exact) mass is 318 g/mol. The van der Waals surface area contributed by atoms with Crippen molar-refractivity contribution in [3.8, 4) is 0 Å². The lowest BCUT2D eigenvalue weighted by atomic mass is 10.1. The van der Waals surface area contributed by atoms with Crippen LogP contribution in [0.1, 0.15) is 24.0 Å². The topological polar surface area (TPSA) is 67.4 Å². The minimum absolute atomic E-state index is 0.000471. The van der Waals surface area contributed by atoms with Crippen molar-refractivity contribution in [3.05, 3.63) is 29.1 Å². The molecular formula is C14H23FN2O3S. The molecular weight excluding hydrogens is 295 g/mol. The second-order valence-corrected chi connectivity index (χ2v) is 6.56. The van der Waals surface area contributed by atoms with Gasteiger partial charge in [0.1, 0.15) is 5.82 Å².